The molecule has 5 heteroatoms. The highest BCUT2D eigenvalue weighted by Gasteiger charge is 2.31. The first-order valence-corrected chi connectivity index (χ1v) is 7.95. The van der Waals surface area contributed by atoms with Gasteiger partial charge in [-0.1, -0.05) is 0 Å². The van der Waals surface area contributed by atoms with Crippen molar-refractivity contribution < 1.29 is 4.79 Å². The Balaban J connectivity index is 1.98. The molecule has 1 fully saturated rings. The summed E-state index contributed by atoms with van der Waals surface area (Å²) >= 11 is 1.38. The number of nitriles is 1. The summed E-state index contributed by atoms with van der Waals surface area (Å²) < 4.78 is 2.23. The van der Waals surface area contributed by atoms with E-state index >= 15 is 0 Å². The minimum absolute atomic E-state index is 0.133. The molecule has 0 saturated heterocycles. The molecule has 1 aliphatic carbocycles. The van der Waals surface area contributed by atoms with Crippen LogP contribution >= 0.6 is 11.3 Å². The van der Waals surface area contributed by atoms with Crippen LogP contribution in [0.5, 0.6) is 0 Å². The Kier molecular flexibility index (Phi) is 3.42. The lowest BCUT2D eigenvalue weighted by molar-refractivity contribution is 0.0978. The lowest BCUT2D eigenvalue weighted by atomic mass is 9.99. The molecule has 0 bridgehead atoms. The van der Waals surface area contributed by atoms with Gasteiger partial charge in [0.2, 0.25) is 0 Å². The van der Waals surface area contributed by atoms with E-state index in [-0.39, 0.29) is 5.78 Å². The Morgan fingerprint density at radius 1 is 1.48 bits per heavy atom. The van der Waals surface area contributed by atoms with E-state index < -0.39 is 5.92 Å². The molecule has 0 radical (unpaired) electrons. The smallest absolute Gasteiger partial charge is 0.188 e. The van der Waals surface area contributed by atoms with E-state index in [4.69, 9.17) is 0 Å². The molecule has 108 valence electrons. The number of hydrogen-bond acceptors (Lipinski definition) is 4. The van der Waals surface area contributed by atoms with E-state index in [9.17, 15) is 10.1 Å². The topological polar surface area (TPSA) is 58.7 Å². The van der Waals surface area contributed by atoms with Gasteiger partial charge in [0.15, 0.2) is 11.7 Å². The van der Waals surface area contributed by atoms with Crippen LogP contribution in [0.25, 0.3) is 0 Å². The first-order chi connectivity index (χ1) is 10.0. The van der Waals surface area contributed by atoms with Crippen molar-refractivity contribution in [2.45, 2.75) is 45.6 Å². The van der Waals surface area contributed by atoms with Gasteiger partial charge >= 0.3 is 0 Å². The maximum atomic E-state index is 12.7. The molecule has 0 unspecified atom stereocenters. The number of carbonyl (C=O) groups excluding carboxylic acids is 1. The molecule has 2 heterocycles. The fourth-order valence-corrected chi connectivity index (χ4v) is 3.64. The number of Topliss-reactive ketones (excluding diaryl/α,β-unsaturated/α-hetero) is 1. The quantitative estimate of drug-likeness (QED) is 0.809. The second-order valence-electron chi connectivity index (χ2n) is 5.64. The monoisotopic (exact) mass is 299 g/mol. The van der Waals surface area contributed by atoms with Crippen molar-refractivity contribution in [2.75, 3.05) is 0 Å². The molecule has 0 aliphatic heterocycles. The van der Waals surface area contributed by atoms with Gasteiger partial charge in [-0.25, -0.2) is 4.98 Å². The normalized spacial score (nSPS) is 15.7. The Morgan fingerprint density at radius 2 is 2.19 bits per heavy atom. The zero-order valence-electron chi connectivity index (χ0n) is 12.4. The molecule has 3 rings (SSSR count). The summed E-state index contributed by atoms with van der Waals surface area (Å²) in [6, 6.07) is 4.57. The lowest BCUT2D eigenvalue weighted by Gasteiger charge is -2.08. The van der Waals surface area contributed by atoms with Gasteiger partial charge < -0.3 is 4.57 Å². The van der Waals surface area contributed by atoms with Gasteiger partial charge in [-0.2, -0.15) is 5.26 Å². The third-order valence-electron chi connectivity index (χ3n) is 3.94. The molecule has 0 amide bonds. The second-order valence-corrected chi connectivity index (χ2v) is 6.53. The third-order valence-corrected chi connectivity index (χ3v) is 4.96. The Morgan fingerprint density at radius 3 is 2.71 bits per heavy atom. The zero-order chi connectivity index (χ0) is 15.1. The van der Waals surface area contributed by atoms with Crippen LogP contribution in [0.1, 0.15) is 57.2 Å². The van der Waals surface area contributed by atoms with Crippen molar-refractivity contribution in [3.05, 3.63) is 39.1 Å². The van der Waals surface area contributed by atoms with E-state index in [2.05, 4.69) is 15.6 Å². The summed E-state index contributed by atoms with van der Waals surface area (Å²) in [5.41, 5.74) is 3.60. The van der Waals surface area contributed by atoms with Crippen LogP contribution in [0.4, 0.5) is 0 Å². The molecular weight excluding hydrogens is 282 g/mol. The minimum atomic E-state index is -0.795. The number of ketones is 1. The van der Waals surface area contributed by atoms with Crippen molar-refractivity contribution in [1.29, 1.82) is 5.26 Å². The highest BCUT2D eigenvalue weighted by atomic mass is 32.1. The van der Waals surface area contributed by atoms with Gasteiger partial charge in [-0.05, 0) is 39.7 Å². The van der Waals surface area contributed by atoms with Crippen molar-refractivity contribution >= 4 is 17.1 Å². The summed E-state index contributed by atoms with van der Waals surface area (Å²) in [5, 5.41) is 11.9. The number of rotatable bonds is 4. The van der Waals surface area contributed by atoms with Crippen molar-refractivity contribution in [1.82, 2.24) is 9.55 Å². The molecule has 2 aromatic rings. The van der Waals surface area contributed by atoms with E-state index in [0.29, 0.717) is 16.6 Å². The molecule has 4 nitrogen and oxygen atoms in total. The predicted molar refractivity (Wildman–Crippen MR) is 81.7 cm³/mol. The molecule has 1 aliphatic rings. The van der Waals surface area contributed by atoms with Crippen LogP contribution in [0.3, 0.4) is 0 Å². The van der Waals surface area contributed by atoms with Gasteiger partial charge in [-0.3, -0.25) is 4.79 Å². The number of aryl methyl sites for hydroxylation is 2. The number of hydrogen-bond donors (Lipinski definition) is 0. The molecule has 1 atom stereocenters. The fourth-order valence-electron chi connectivity index (χ4n) is 2.81. The minimum Gasteiger partial charge on any atom is -0.345 e. The standard InChI is InChI=1S/C16H17N3OS/c1-9-8-21-16(18-9)14(7-17)15(20)13-6-10(2)19(11(13)3)12-4-5-12/h6,8,12,14H,4-5H2,1-3H3/t14-/m0/s1. The Bertz CT molecular complexity index is 746. The first-order valence-electron chi connectivity index (χ1n) is 7.07. The maximum Gasteiger partial charge on any atom is 0.188 e. The Hall–Kier alpha value is -1.93. The summed E-state index contributed by atoms with van der Waals surface area (Å²) in [7, 11) is 0. The maximum absolute atomic E-state index is 12.7. The average molecular weight is 299 g/mol. The summed E-state index contributed by atoms with van der Waals surface area (Å²) in [6.45, 7) is 5.87. The predicted octanol–water partition coefficient (Wildman–Crippen LogP) is 3.69. The van der Waals surface area contributed by atoms with Gasteiger partial charge in [0, 0.05) is 34.1 Å². The van der Waals surface area contributed by atoms with Crippen LogP contribution in [-0.4, -0.2) is 15.3 Å². The molecule has 0 spiro atoms. The highest BCUT2D eigenvalue weighted by molar-refractivity contribution is 7.10. The zero-order valence-corrected chi connectivity index (χ0v) is 13.2. The highest BCUT2D eigenvalue weighted by Crippen LogP contribution is 2.39. The number of thiazole rings is 1. The Labute approximate surface area is 128 Å². The third kappa shape index (κ3) is 2.40. The van der Waals surface area contributed by atoms with E-state index in [1.807, 2.05) is 32.2 Å². The summed E-state index contributed by atoms with van der Waals surface area (Å²) in [6.07, 6.45) is 2.36. The van der Waals surface area contributed by atoms with Gasteiger partial charge in [0.1, 0.15) is 5.01 Å². The summed E-state index contributed by atoms with van der Waals surface area (Å²) in [5.74, 6) is -0.927. The average Bonchev–Trinajstić information content (AvgIpc) is 3.11. The van der Waals surface area contributed by atoms with E-state index in [0.717, 1.165) is 17.1 Å². The fraction of sp³-hybridized carbons (Fsp3) is 0.438. The van der Waals surface area contributed by atoms with Crippen LogP contribution in [0.2, 0.25) is 0 Å². The van der Waals surface area contributed by atoms with Crippen LogP contribution < -0.4 is 0 Å². The molecule has 2 aromatic heterocycles. The van der Waals surface area contributed by atoms with Crippen molar-refractivity contribution in [3.8, 4) is 6.07 Å². The van der Waals surface area contributed by atoms with Gasteiger partial charge in [0.25, 0.3) is 0 Å². The number of nitrogens with zero attached hydrogens (tertiary/aromatic N) is 3. The number of aromatic nitrogens is 2. The van der Waals surface area contributed by atoms with E-state index in [1.165, 1.54) is 24.2 Å². The SMILES string of the molecule is Cc1csc([C@@H](C#N)C(=O)c2cc(C)n(C3CC3)c2C)n1. The first kappa shape index (κ1) is 14.0. The largest absolute Gasteiger partial charge is 0.345 e. The van der Waals surface area contributed by atoms with Crippen LogP contribution in [0, 0.1) is 32.1 Å². The molecule has 1 saturated carbocycles. The van der Waals surface area contributed by atoms with Gasteiger partial charge in [-0.15, -0.1) is 11.3 Å². The van der Waals surface area contributed by atoms with Gasteiger partial charge in [0.05, 0.1) is 6.07 Å². The molecular formula is C16H17N3OS. The number of carbonyl (C=O) groups is 1. The molecule has 0 aromatic carbocycles. The molecule has 21 heavy (non-hydrogen) atoms. The van der Waals surface area contributed by atoms with Crippen molar-refractivity contribution in [2.24, 2.45) is 0 Å². The van der Waals surface area contributed by atoms with Crippen molar-refractivity contribution in [3.63, 3.8) is 0 Å². The molecule has 0 N–H and O–H groups in total. The van der Waals surface area contributed by atoms with Crippen LogP contribution in [-0.2, 0) is 0 Å². The van der Waals surface area contributed by atoms with E-state index in [1.54, 1.807) is 0 Å². The van der Waals surface area contributed by atoms with Crippen LogP contribution in [0.15, 0.2) is 11.4 Å². The second kappa shape index (κ2) is 5.12. The lowest BCUT2D eigenvalue weighted by Crippen LogP contribution is -2.12. The summed E-state index contributed by atoms with van der Waals surface area (Å²) in [4.78, 5) is 17.0.